The van der Waals surface area contributed by atoms with E-state index >= 15 is 0 Å². The van der Waals surface area contributed by atoms with Crippen LogP contribution >= 0.6 is 0 Å². The van der Waals surface area contributed by atoms with Crippen LogP contribution in [0.15, 0.2) is 21.7 Å². The minimum atomic E-state index is -1.72. The number of methoxy groups -OCH3 is 2. The highest BCUT2D eigenvalue weighted by molar-refractivity contribution is 6.19. The Morgan fingerprint density at radius 3 is 1.97 bits per heavy atom. The molecule has 1 unspecified atom stereocenters. The lowest BCUT2D eigenvalue weighted by atomic mass is 9.63. The van der Waals surface area contributed by atoms with E-state index in [0.717, 1.165) is 18.9 Å². The van der Waals surface area contributed by atoms with E-state index in [-0.39, 0.29) is 18.4 Å². The number of carbonyl (C=O) groups is 3. The minimum Gasteiger partial charge on any atom is -0.494 e. The molecule has 12 heteroatoms. The van der Waals surface area contributed by atoms with Crippen LogP contribution in [0.2, 0.25) is 0 Å². The zero-order valence-corrected chi connectivity index (χ0v) is 20.2. The highest BCUT2D eigenvalue weighted by atomic mass is 16.5. The van der Waals surface area contributed by atoms with Crippen LogP contribution in [0.5, 0.6) is 17.4 Å². The quantitative estimate of drug-likeness (QED) is 0.594. The van der Waals surface area contributed by atoms with Gasteiger partial charge in [-0.2, -0.15) is 0 Å². The van der Waals surface area contributed by atoms with Gasteiger partial charge in [0.1, 0.15) is 5.41 Å². The van der Waals surface area contributed by atoms with Crippen molar-refractivity contribution in [3.63, 3.8) is 0 Å². The molecule has 1 aliphatic carbocycles. The Hall–Kier alpha value is -4.09. The predicted octanol–water partition coefficient (Wildman–Crippen LogP) is -0.0783. The molecule has 35 heavy (non-hydrogen) atoms. The molecule has 0 bridgehead atoms. The van der Waals surface area contributed by atoms with Crippen LogP contribution in [-0.4, -0.2) is 70.2 Å². The monoisotopic (exact) mass is 486 g/mol. The van der Waals surface area contributed by atoms with E-state index in [1.54, 1.807) is 12.1 Å². The summed E-state index contributed by atoms with van der Waals surface area (Å²) in [6.45, 7) is 0. The van der Waals surface area contributed by atoms with E-state index in [1.807, 2.05) is 0 Å². The summed E-state index contributed by atoms with van der Waals surface area (Å²) in [5.74, 6) is -2.29. The third-order valence-corrected chi connectivity index (χ3v) is 7.08. The number of aromatic hydroxyl groups is 1. The van der Waals surface area contributed by atoms with Crippen molar-refractivity contribution in [3.05, 3.63) is 49.7 Å². The molecule has 1 aromatic carbocycles. The molecule has 0 saturated carbocycles. The number of barbiturate groups is 1. The molecule has 1 aromatic heterocycles. The maximum Gasteiger partial charge on any atom is 0.333 e. The number of imide groups is 2. The number of nitrogens with zero attached hydrogens (tertiary/aromatic N) is 4. The van der Waals surface area contributed by atoms with Gasteiger partial charge in [0.05, 0.1) is 19.8 Å². The molecule has 4 rings (SSSR count). The lowest BCUT2D eigenvalue weighted by molar-refractivity contribution is -0.158. The zero-order valence-electron chi connectivity index (χ0n) is 20.2. The summed E-state index contributed by atoms with van der Waals surface area (Å²) in [5, 5.41) is 10.9. The van der Waals surface area contributed by atoms with Gasteiger partial charge in [-0.25, -0.2) is 9.59 Å². The third-order valence-electron chi connectivity index (χ3n) is 7.08. The first-order chi connectivity index (χ1) is 16.4. The van der Waals surface area contributed by atoms with Gasteiger partial charge >= 0.3 is 11.7 Å². The van der Waals surface area contributed by atoms with E-state index in [4.69, 9.17) is 9.47 Å². The SMILES string of the molecule is COc1cc2c(cc1OC)C(c1c(O)n(C)c(=O)n(C)c1=O)CC1(C2)C(=O)N(C)C(=O)N(C)C1=O. The van der Waals surface area contributed by atoms with E-state index in [2.05, 4.69) is 0 Å². The largest absolute Gasteiger partial charge is 0.494 e. The number of aromatic nitrogens is 2. The smallest absolute Gasteiger partial charge is 0.333 e. The number of hydrogen-bond acceptors (Lipinski definition) is 8. The first-order valence-corrected chi connectivity index (χ1v) is 10.7. The van der Waals surface area contributed by atoms with Crippen molar-refractivity contribution in [1.29, 1.82) is 0 Å². The molecule has 12 nitrogen and oxygen atoms in total. The van der Waals surface area contributed by atoms with Crippen LogP contribution in [0.1, 0.15) is 29.0 Å². The summed E-state index contributed by atoms with van der Waals surface area (Å²) < 4.78 is 12.6. The summed E-state index contributed by atoms with van der Waals surface area (Å²) in [6, 6.07) is 2.48. The zero-order chi connectivity index (χ0) is 26.0. The average Bonchev–Trinajstić information content (AvgIpc) is 2.86. The molecule has 0 radical (unpaired) electrons. The molecule has 1 N–H and O–H groups in total. The molecule has 1 saturated heterocycles. The van der Waals surface area contributed by atoms with Crippen LogP contribution in [0.4, 0.5) is 4.79 Å². The summed E-state index contributed by atoms with van der Waals surface area (Å²) in [6.07, 6.45) is -0.276. The standard InChI is InChI=1S/C23H26N4O8/c1-24-17(28)16(18(29)25(2)21(24)32)13-10-23(19(30)26(3)22(33)27(4)20(23)31)9-11-7-14(34-5)15(35-6)8-12(11)13/h7-8,13,28H,9-10H2,1-6H3. The van der Waals surface area contributed by atoms with Crippen molar-refractivity contribution in [2.24, 2.45) is 19.5 Å². The van der Waals surface area contributed by atoms with Gasteiger partial charge in [-0.15, -0.1) is 0 Å². The van der Waals surface area contributed by atoms with Crippen molar-refractivity contribution >= 4 is 17.8 Å². The first-order valence-electron chi connectivity index (χ1n) is 10.7. The Bertz CT molecular complexity index is 1380. The van der Waals surface area contributed by atoms with Gasteiger partial charge < -0.3 is 14.6 Å². The number of urea groups is 1. The van der Waals surface area contributed by atoms with Crippen LogP contribution < -0.4 is 20.7 Å². The number of benzene rings is 1. The topological polar surface area (TPSA) is 140 Å². The fourth-order valence-corrected chi connectivity index (χ4v) is 5.15. The summed E-state index contributed by atoms with van der Waals surface area (Å²) >= 11 is 0. The number of rotatable bonds is 3. The molecular weight excluding hydrogens is 460 g/mol. The lowest BCUT2D eigenvalue weighted by Gasteiger charge is -2.46. The maximum atomic E-state index is 13.5. The summed E-state index contributed by atoms with van der Waals surface area (Å²) in [4.78, 5) is 66.8. The highest BCUT2D eigenvalue weighted by Gasteiger charge is 2.59. The Morgan fingerprint density at radius 1 is 0.886 bits per heavy atom. The van der Waals surface area contributed by atoms with Crippen molar-refractivity contribution in [2.75, 3.05) is 28.3 Å². The Balaban J connectivity index is 2.07. The van der Waals surface area contributed by atoms with Crippen molar-refractivity contribution in [2.45, 2.75) is 18.8 Å². The molecule has 1 spiro atoms. The molecule has 1 atom stereocenters. The second-order valence-corrected chi connectivity index (χ2v) is 8.88. The lowest BCUT2D eigenvalue weighted by Crippen LogP contribution is -2.64. The Kier molecular flexibility index (Phi) is 5.49. The van der Waals surface area contributed by atoms with Gasteiger partial charge in [0.15, 0.2) is 11.5 Å². The van der Waals surface area contributed by atoms with Gasteiger partial charge in [0.25, 0.3) is 5.56 Å². The van der Waals surface area contributed by atoms with Crippen LogP contribution in [0.25, 0.3) is 0 Å². The van der Waals surface area contributed by atoms with Crippen LogP contribution in [0.3, 0.4) is 0 Å². The second kappa shape index (κ2) is 8.00. The molecule has 1 aliphatic heterocycles. The van der Waals surface area contributed by atoms with Gasteiger partial charge in [0.2, 0.25) is 17.7 Å². The first kappa shape index (κ1) is 24.0. The summed E-state index contributed by atoms with van der Waals surface area (Å²) in [7, 11) is 8.04. The predicted molar refractivity (Wildman–Crippen MR) is 122 cm³/mol. The van der Waals surface area contributed by atoms with Gasteiger partial charge in [0, 0.05) is 34.1 Å². The van der Waals surface area contributed by atoms with Gasteiger partial charge in [-0.3, -0.25) is 33.3 Å². The van der Waals surface area contributed by atoms with E-state index in [9.17, 15) is 29.1 Å². The molecule has 2 heterocycles. The number of carbonyl (C=O) groups excluding carboxylic acids is 3. The maximum absolute atomic E-state index is 13.5. The molecule has 186 valence electrons. The fraction of sp³-hybridized carbons (Fsp3) is 0.435. The number of amides is 4. The summed E-state index contributed by atoms with van der Waals surface area (Å²) in [5.41, 5.74) is -2.33. The third kappa shape index (κ3) is 3.16. The van der Waals surface area contributed by atoms with Crippen molar-refractivity contribution in [3.8, 4) is 17.4 Å². The minimum absolute atomic E-state index is 0.0638. The van der Waals surface area contributed by atoms with Crippen LogP contribution in [-0.2, 0) is 30.1 Å². The van der Waals surface area contributed by atoms with Crippen molar-refractivity contribution in [1.82, 2.24) is 18.9 Å². The van der Waals surface area contributed by atoms with E-state index in [1.165, 1.54) is 42.4 Å². The second-order valence-electron chi connectivity index (χ2n) is 8.88. The highest BCUT2D eigenvalue weighted by Crippen LogP contribution is 2.51. The normalized spacial score (nSPS) is 19.3. The van der Waals surface area contributed by atoms with E-state index < -0.39 is 46.3 Å². The fourth-order valence-electron chi connectivity index (χ4n) is 5.15. The van der Waals surface area contributed by atoms with Crippen molar-refractivity contribution < 1.29 is 29.0 Å². The molecule has 2 aliphatic rings. The number of hydrogen-bond donors (Lipinski definition) is 1. The van der Waals surface area contributed by atoms with Crippen LogP contribution in [0, 0.1) is 5.41 Å². The molecular formula is C23H26N4O8. The Morgan fingerprint density at radius 2 is 1.43 bits per heavy atom. The Labute approximate surface area is 199 Å². The number of ether oxygens (including phenoxy) is 2. The average molecular weight is 486 g/mol. The van der Waals surface area contributed by atoms with Gasteiger partial charge in [-0.05, 0) is 36.1 Å². The van der Waals surface area contributed by atoms with Gasteiger partial charge in [-0.1, -0.05) is 0 Å². The molecule has 4 amide bonds. The molecule has 1 fully saturated rings. The number of fused-ring (bicyclic) bond motifs is 1. The molecule has 2 aromatic rings. The van der Waals surface area contributed by atoms with E-state index in [0.29, 0.717) is 22.6 Å².